The van der Waals surface area contributed by atoms with E-state index in [0.717, 1.165) is 28.9 Å². The number of carbonyl (C=O) groups excluding carboxylic acids is 1. The van der Waals surface area contributed by atoms with Crippen molar-refractivity contribution in [3.05, 3.63) is 30.2 Å². The van der Waals surface area contributed by atoms with E-state index < -0.39 is 0 Å². The van der Waals surface area contributed by atoms with Gasteiger partial charge in [-0.05, 0) is 12.1 Å². The second-order valence-electron chi connectivity index (χ2n) is 6.30. The summed E-state index contributed by atoms with van der Waals surface area (Å²) in [5.41, 5.74) is 0.815. The van der Waals surface area contributed by atoms with Crippen LogP contribution in [0.3, 0.4) is 0 Å². The van der Waals surface area contributed by atoms with E-state index in [0.29, 0.717) is 24.9 Å². The van der Waals surface area contributed by atoms with Crippen LogP contribution in [0.1, 0.15) is 6.42 Å². The Bertz CT molecular complexity index is 803. The zero-order valence-electron chi connectivity index (χ0n) is 15.3. The lowest BCUT2D eigenvalue weighted by Gasteiger charge is -2.23. The van der Waals surface area contributed by atoms with Crippen LogP contribution in [0.4, 0.5) is 5.13 Å². The molecule has 26 heavy (non-hydrogen) atoms. The molecule has 0 fully saturated rings. The van der Waals surface area contributed by atoms with Gasteiger partial charge in [-0.25, -0.2) is 4.98 Å². The molecule has 3 rings (SSSR count). The van der Waals surface area contributed by atoms with Gasteiger partial charge in [-0.1, -0.05) is 11.3 Å². The molecule has 0 spiro atoms. The third-order valence-electron chi connectivity index (χ3n) is 3.98. The number of nitrogens with one attached hydrogen (secondary N) is 1. The maximum atomic E-state index is 13.0. The van der Waals surface area contributed by atoms with E-state index in [1.807, 2.05) is 18.2 Å². The summed E-state index contributed by atoms with van der Waals surface area (Å²) in [6, 6.07) is 5.73. The predicted molar refractivity (Wildman–Crippen MR) is 101 cm³/mol. The van der Waals surface area contributed by atoms with Gasteiger partial charge in [-0.2, -0.15) is 0 Å². The Hall–Kier alpha value is -2.32. The topological polar surface area (TPSA) is 65.3 Å². The molecule has 8 heteroatoms. The number of nitrogens with zero attached hydrogens (tertiary/aromatic N) is 2. The summed E-state index contributed by atoms with van der Waals surface area (Å²) in [5.74, 6) is 0.755. The number of thiazole rings is 1. The van der Waals surface area contributed by atoms with Crippen molar-refractivity contribution in [3.8, 4) is 5.75 Å². The molecule has 0 saturated carbocycles. The monoisotopic (exact) mass is 378 g/mol. The molecule has 0 unspecified atom stereocenters. The Morgan fingerprint density at radius 1 is 1.38 bits per heavy atom. The minimum absolute atomic E-state index is 0.218. The Morgan fingerprint density at radius 2 is 2.23 bits per heavy atom. The third kappa shape index (κ3) is 4.25. The van der Waals surface area contributed by atoms with Crippen molar-refractivity contribution in [1.29, 1.82) is 0 Å². The van der Waals surface area contributed by atoms with Crippen LogP contribution in [0.2, 0.25) is 0 Å². The summed E-state index contributed by atoms with van der Waals surface area (Å²) < 4.78 is 17.0. The van der Waals surface area contributed by atoms with Gasteiger partial charge in [0.2, 0.25) is 5.76 Å². The fraction of sp³-hybridized carbons (Fsp3) is 0.444. The zero-order valence-corrected chi connectivity index (χ0v) is 16.1. The lowest BCUT2D eigenvalue weighted by atomic mass is 10.3. The van der Waals surface area contributed by atoms with Gasteiger partial charge in [0, 0.05) is 19.0 Å². The molecule has 2 aromatic rings. The fourth-order valence-electron chi connectivity index (χ4n) is 2.63. The molecule has 0 aliphatic carbocycles. The van der Waals surface area contributed by atoms with Crippen LogP contribution in [0.5, 0.6) is 5.75 Å². The first kappa shape index (κ1) is 18.5. The molecule has 7 nitrogen and oxygen atoms in total. The number of ether oxygens (including phenoxy) is 3. The normalized spacial score (nSPS) is 13.9. The van der Waals surface area contributed by atoms with Crippen LogP contribution in [0.15, 0.2) is 30.2 Å². The summed E-state index contributed by atoms with van der Waals surface area (Å²) in [5, 5.41) is 0.655. The molecule has 1 aliphatic rings. The first-order valence-electron chi connectivity index (χ1n) is 8.58. The third-order valence-corrected chi connectivity index (χ3v) is 5.04. The highest BCUT2D eigenvalue weighted by Gasteiger charge is 2.26. The minimum atomic E-state index is -0.218. The van der Waals surface area contributed by atoms with Gasteiger partial charge >= 0.3 is 0 Å². The number of methoxy groups -OCH3 is 1. The first-order chi connectivity index (χ1) is 12.6. The van der Waals surface area contributed by atoms with Crippen molar-refractivity contribution in [2.24, 2.45) is 0 Å². The Labute approximate surface area is 156 Å². The van der Waals surface area contributed by atoms with Crippen LogP contribution >= 0.6 is 11.3 Å². The average molecular weight is 378 g/mol. The number of hydrogen-bond acceptors (Lipinski definition) is 6. The number of quaternary nitrogens is 1. The molecule has 0 atom stereocenters. The van der Waals surface area contributed by atoms with E-state index in [1.54, 1.807) is 12.0 Å². The van der Waals surface area contributed by atoms with Crippen LogP contribution in [0.25, 0.3) is 10.2 Å². The average Bonchev–Trinajstić information content (AvgIpc) is 3.07. The van der Waals surface area contributed by atoms with E-state index in [9.17, 15) is 4.79 Å². The van der Waals surface area contributed by atoms with Crippen molar-refractivity contribution in [3.63, 3.8) is 0 Å². The van der Waals surface area contributed by atoms with Gasteiger partial charge in [0.15, 0.2) is 5.13 Å². The first-order valence-corrected chi connectivity index (χ1v) is 9.40. The standard InChI is InChI=1S/C18H23N3O4S/c1-20(2)7-4-8-21(17(22)15-12-24-9-10-25-15)18-19-14-11-13(23-3)5-6-16(14)26-18/h5-6,11-12H,4,7-10H2,1-3H3/p+1. The van der Waals surface area contributed by atoms with Gasteiger partial charge < -0.3 is 19.1 Å². The highest BCUT2D eigenvalue weighted by Crippen LogP contribution is 2.32. The van der Waals surface area contributed by atoms with Crippen LogP contribution in [0, 0.1) is 0 Å². The lowest BCUT2D eigenvalue weighted by molar-refractivity contribution is -0.858. The van der Waals surface area contributed by atoms with Crippen LogP contribution in [-0.4, -0.2) is 58.4 Å². The zero-order chi connectivity index (χ0) is 18.5. The van der Waals surface area contributed by atoms with Crippen molar-refractivity contribution in [2.75, 3.05) is 52.4 Å². The largest absolute Gasteiger partial charge is 0.497 e. The van der Waals surface area contributed by atoms with Gasteiger partial charge in [-0.15, -0.1) is 0 Å². The molecular weight excluding hydrogens is 354 g/mol. The van der Waals surface area contributed by atoms with Gasteiger partial charge in [0.05, 0.1) is 38.0 Å². The van der Waals surface area contributed by atoms with Crippen molar-refractivity contribution in [2.45, 2.75) is 6.42 Å². The summed E-state index contributed by atoms with van der Waals surface area (Å²) >= 11 is 1.48. The SMILES string of the molecule is COc1ccc2sc(N(CCC[NH+](C)C)C(=O)C3=COCCO3)nc2c1. The number of rotatable bonds is 7. The van der Waals surface area contributed by atoms with E-state index in [2.05, 4.69) is 19.1 Å². The molecular formula is C18H24N3O4S+. The molecule has 1 amide bonds. The summed E-state index contributed by atoms with van der Waals surface area (Å²) in [4.78, 5) is 20.6. The maximum Gasteiger partial charge on any atom is 0.298 e. The second kappa shape index (κ2) is 8.37. The number of hydrogen-bond donors (Lipinski definition) is 1. The molecule has 2 heterocycles. The molecule has 1 N–H and O–H groups in total. The molecule has 1 aromatic heterocycles. The quantitative estimate of drug-likeness (QED) is 0.781. The smallest absolute Gasteiger partial charge is 0.298 e. The number of carbonyl (C=O) groups is 1. The Morgan fingerprint density at radius 3 is 2.92 bits per heavy atom. The van der Waals surface area contributed by atoms with E-state index >= 15 is 0 Å². The highest BCUT2D eigenvalue weighted by molar-refractivity contribution is 7.22. The summed E-state index contributed by atoms with van der Waals surface area (Å²) in [6.07, 6.45) is 2.26. The molecule has 140 valence electrons. The molecule has 1 aliphatic heterocycles. The molecule has 1 aromatic carbocycles. The van der Waals surface area contributed by atoms with Gasteiger partial charge in [0.25, 0.3) is 5.91 Å². The Balaban J connectivity index is 1.88. The number of fused-ring (bicyclic) bond motifs is 1. The van der Waals surface area contributed by atoms with Gasteiger partial charge in [0.1, 0.15) is 25.2 Å². The number of benzene rings is 1. The second-order valence-corrected chi connectivity index (χ2v) is 7.31. The summed E-state index contributed by atoms with van der Waals surface area (Å²) in [7, 11) is 5.81. The van der Waals surface area contributed by atoms with E-state index in [4.69, 9.17) is 14.2 Å². The van der Waals surface area contributed by atoms with Crippen molar-refractivity contribution < 1.29 is 23.9 Å². The van der Waals surface area contributed by atoms with Crippen LogP contribution in [-0.2, 0) is 14.3 Å². The predicted octanol–water partition coefficient (Wildman–Crippen LogP) is 1.06. The van der Waals surface area contributed by atoms with E-state index in [1.165, 1.54) is 22.5 Å². The fourth-order valence-corrected chi connectivity index (χ4v) is 3.60. The lowest BCUT2D eigenvalue weighted by Crippen LogP contribution is -3.05. The number of aromatic nitrogens is 1. The van der Waals surface area contributed by atoms with Crippen LogP contribution < -0.4 is 14.5 Å². The summed E-state index contributed by atoms with van der Waals surface area (Å²) in [6.45, 7) is 2.37. The maximum absolute atomic E-state index is 13.0. The number of amides is 1. The van der Waals surface area contributed by atoms with Gasteiger partial charge in [-0.3, -0.25) is 9.69 Å². The molecule has 0 saturated heterocycles. The Kier molecular flexibility index (Phi) is 5.95. The molecule has 0 bridgehead atoms. The van der Waals surface area contributed by atoms with Crippen molar-refractivity contribution in [1.82, 2.24) is 4.98 Å². The minimum Gasteiger partial charge on any atom is -0.497 e. The van der Waals surface area contributed by atoms with E-state index in [-0.39, 0.29) is 11.7 Å². The van der Waals surface area contributed by atoms with Crippen molar-refractivity contribution >= 4 is 32.6 Å². The highest BCUT2D eigenvalue weighted by atomic mass is 32.1. The number of anilines is 1. The molecule has 0 radical (unpaired) electrons.